The second kappa shape index (κ2) is 4.61. The van der Waals surface area contributed by atoms with Crippen LogP contribution in [0.3, 0.4) is 0 Å². The van der Waals surface area contributed by atoms with Gasteiger partial charge in [0.05, 0.1) is 6.61 Å². The molecule has 4 heteroatoms. The number of aromatic amines is 1. The van der Waals surface area contributed by atoms with Crippen LogP contribution in [0.4, 0.5) is 0 Å². The summed E-state index contributed by atoms with van der Waals surface area (Å²) in [6.45, 7) is 2.52. The van der Waals surface area contributed by atoms with Crippen LogP contribution in [0.25, 0.3) is 11.3 Å². The molecule has 0 amide bonds. The molecule has 16 heavy (non-hydrogen) atoms. The van der Waals surface area contributed by atoms with E-state index in [1.54, 1.807) is 12.3 Å². The van der Waals surface area contributed by atoms with Gasteiger partial charge in [-0.15, -0.1) is 0 Å². The maximum atomic E-state index is 11.5. The molecule has 2 rings (SSSR count). The minimum absolute atomic E-state index is 0.198. The first-order valence-electron chi connectivity index (χ1n) is 5.08. The highest BCUT2D eigenvalue weighted by Gasteiger charge is 2.04. The van der Waals surface area contributed by atoms with Gasteiger partial charge in [0.1, 0.15) is 11.4 Å². The molecule has 1 heterocycles. The van der Waals surface area contributed by atoms with Crippen molar-refractivity contribution in [3.8, 4) is 17.0 Å². The zero-order chi connectivity index (χ0) is 11.4. The number of nitrogens with one attached hydrogen (secondary N) is 1. The molecule has 0 saturated carbocycles. The van der Waals surface area contributed by atoms with Crippen LogP contribution in [0.15, 0.2) is 41.5 Å². The molecular formula is C12H12N2O2. The summed E-state index contributed by atoms with van der Waals surface area (Å²) in [7, 11) is 0. The average molecular weight is 216 g/mol. The molecule has 2 aromatic rings. The minimum Gasteiger partial charge on any atom is -0.494 e. The Bertz CT molecular complexity index is 534. The van der Waals surface area contributed by atoms with Crippen molar-refractivity contribution in [2.24, 2.45) is 0 Å². The quantitative estimate of drug-likeness (QED) is 0.851. The van der Waals surface area contributed by atoms with E-state index in [1.807, 2.05) is 25.1 Å². The van der Waals surface area contributed by atoms with Crippen LogP contribution in [0, 0.1) is 0 Å². The number of aromatic nitrogens is 2. The van der Waals surface area contributed by atoms with E-state index in [0.29, 0.717) is 12.3 Å². The van der Waals surface area contributed by atoms with Crippen molar-refractivity contribution in [1.29, 1.82) is 0 Å². The van der Waals surface area contributed by atoms with Crippen LogP contribution in [0.2, 0.25) is 0 Å². The van der Waals surface area contributed by atoms with Gasteiger partial charge >= 0.3 is 0 Å². The number of H-pyrrole nitrogens is 1. The highest BCUT2D eigenvalue weighted by molar-refractivity contribution is 5.59. The first kappa shape index (κ1) is 10.4. The Morgan fingerprint density at radius 2 is 2.31 bits per heavy atom. The van der Waals surface area contributed by atoms with Gasteiger partial charge in [-0.05, 0) is 19.1 Å². The van der Waals surface area contributed by atoms with Gasteiger partial charge in [-0.25, -0.2) is 4.98 Å². The van der Waals surface area contributed by atoms with Gasteiger partial charge in [0.15, 0.2) is 0 Å². The topological polar surface area (TPSA) is 55.0 Å². The van der Waals surface area contributed by atoms with Crippen molar-refractivity contribution in [2.75, 3.05) is 6.61 Å². The summed E-state index contributed by atoms with van der Waals surface area (Å²) < 4.78 is 5.37. The van der Waals surface area contributed by atoms with E-state index in [0.717, 1.165) is 11.3 Å². The number of hydrogen-bond acceptors (Lipinski definition) is 3. The summed E-state index contributed by atoms with van der Waals surface area (Å²) in [4.78, 5) is 18.2. The molecule has 0 fully saturated rings. The SMILES string of the molecule is CCOc1cccc(-c2ncc[nH]c2=O)c1. The molecule has 0 saturated heterocycles. The second-order valence-corrected chi connectivity index (χ2v) is 3.23. The van der Waals surface area contributed by atoms with Crippen LogP contribution in [0.5, 0.6) is 5.75 Å². The monoisotopic (exact) mass is 216 g/mol. The lowest BCUT2D eigenvalue weighted by molar-refractivity contribution is 0.340. The van der Waals surface area contributed by atoms with Crippen molar-refractivity contribution >= 4 is 0 Å². The van der Waals surface area contributed by atoms with Crippen molar-refractivity contribution in [3.05, 3.63) is 47.0 Å². The van der Waals surface area contributed by atoms with Gasteiger partial charge in [0.25, 0.3) is 5.56 Å². The van der Waals surface area contributed by atoms with Gasteiger partial charge in [-0.1, -0.05) is 12.1 Å². The van der Waals surface area contributed by atoms with Crippen molar-refractivity contribution in [2.45, 2.75) is 6.92 Å². The third-order valence-electron chi connectivity index (χ3n) is 2.13. The number of benzene rings is 1. The molecule has 0 aliphatic rings. The Morgan fingerprint density at radius 1 is 1.44 bits per heavy atom. The highest BCUT2D eigenvalue weighted by atomic mass is 16.5. The Hall–Kier alpha value is -2.10. The molecule has 1 N–H and O–H groups in total. The normalized spacial score (nSPS) is 10.1. The zero-order valence-corrected chi connectivity index (χ0v) is 8.93. The maximum Gasteiger partial charge on any atom is 0.274 e. The summed E-state index contributed by atoms with van der Waals surface area (Å²) in [5, 5.41) is 0. The van der Waals surface area contributed by atoms with Crippen molar-refractivity contribution < 1.29 is 4.74 Å². The van der Waals surface area contributed by atoms with Gasteiger partial charge in [0.2, 0.25) is 0 Å². The van der Waals surface area contributed by atoms with E-state index >= 15 is 0 Å². The molecule has 0 unspecified atom stereocenters. The summed E-state index contributed by atoms with van der Waals surface area (Å²) in [6, 6.07) is 7.33. The minimum atomic E-state index is -0.198. The lowest BCUT2D eigenvalue weighted by atomic mass is 10.1. The highest BCUT2D eigenvalue weighted by Crippen LogP contribution is 2.19. The van der Waals surface area contributed by atoms with E-state index in [2.05, 4.69) is 9.97 Å². The molecule has 0 atom stereocenters. The predicted octanol–water partition coefficient (Wildman–Crippen LogP) is 1.84. The van der Waals surface area contributed by atoms with Gasteiger partial charge < -0.3 is 9.72 Å². The number of hydrogen-bond donors (Lipinski definition) is 1. The molecule has 82 valence electrons. The molecule has 4 nitrogen and oxygen atoms in total. The summed E-state index contributed by atoms with van der Waals surface area (Å²) in [5.74, 6) is 0.741. The van der Waals surface area contributed by atoms with E-state index in [4.69, 9.17) is 4.74 Å². The first-order chi connectivity index (χ1) is 7.81. The predicted molar refractivity (Wildman–Crippen MR) is 61.5 cm³/mol. The van der Waals surface area contributed by atoms with E-state index in [-0.39, 0.29) is 5.56 Å². The number of rotatable bonds is 3. The van der Waals surface area contributed by atoms with E-state index in [1.165, 1.54) is 6.20 Å². The van der Waals surface area contributed by atoms with Crippen LogP contribution in [-0.2, 0) is 0 Å². The van der Waals surface area contributed by atoms with Gasteiger partial charge in [-0.3, -0.25) is 4.79 Å². The number of ether oxygens (including phenoxy) is 1. The fourth-order valence-corrected chi connectivity index (χ4v) is 1.46. The average Bonchev–Trinajstić information content (AvgIpc) is 2.30. The third kappa shape index (κ3) is 2.11. The smallest absolute Gasteiger partial charge is 0.274 e. The van der Waals surface area contributed by atoms with Gasteiger partial charge in [0, 0.05) is 18.0 Å². The Labute approximate surface area is 92.9 Å². The fourth-order valence-electron chi connectivity index (χ4n) is 1.46. The molecule has 1 aromatic heterocycles. The lowest BCUT2D eigenvalue weighted by Gasteiger charge is -2.04. The first-order valence-corrected chi connectivity index (χ1v) is 5.08. The summed E-state index contributed by atoms with van der Waals surface area (Å²) in [5.41, 5.74) is 0.966. The molecule has 1 aromatic carbocycles. The maximum absolute atomic E-state index is 11.5. The number of nitrogens with zero attached hydrogens (tertiary/aromatic N) is 1. The molecular weight excluding hydrogens is 204 g/mol. The summed E-state index contributed by atoms with van der Waals surface area (Å²) in [6.07, 6.45) is 3.07. The Balaban J connectivity index is 2.45. The van der Waals surface area contributed by atoms with Crippen LogP contribution >= 0.6 is 0 Å². The zero-order valence-electron chi connectivity index (χ0n) is 8.93. The Kier molecular flexibility index (Phi) is 3.00. The van der Waals surface area contributed by atoms with E-state index in [9.17, 15) is 4.79 Å². The standard InChI is InChI=1S/C12H12N2O2/c1-2-16-10-5-3-4-9(8-10)11-12(15)14-7-6-13-11/h3-8H,2H2,1H3,(H,14,15). The molecule has 0 bridgehead atoms. The summed E-state index contributed by atoms with van der Waals surface area (Å²) >= 11 is 0. The second-order valence-electron chi connectivity index (χ2n) is 3.23. The third-order valence-corrected chi connectivity index (χ3v) is 2.13. The van der Waals surface area contributed by atoms with Crippen molar-refractivity contribution in [1.82, 2.24) is 9.97 Å². The Morgan fingerprint density at radius 3 is 3.06 bits per heavy atom. The molecule has 0 radical (unpaired) electrons. The largest absolute Gasteiger partial charge is 0.494 e. The van der Waals surface area contributed by atoms with Crippen LogP contribution < -0.4 is 10.3 Å². The molecule has 0 aliphatic carbocycles. The lowest BCUT2D eigenvalue weighted by Crippen LogP contribution is -2.09. The van der Waals surface area contributed by atoms with Crippen LogP contribution in [0.1, 0.15) is 6.92 Å². The van der Waals surface area contributed by atoms with E-state index < -0.39 is 0 Å². The van der Waals surface area contributed by atoms with Crippen molar-refractivity contribution in [3.63, 3.8) is 0 Å². The van der Waals surface area contributed by atoms with Gasteiger partial charge in [-0.2, -0.15) is 0 Å². The van der Waals surface area contributed by atoms with Crippen LogP contribution in [-0.4, -0.2) is 16.6 Å². The molecule has 0 aliphatic heterocycles. The fraction of sp³-hybridized carbons (Fsp3) is 0.167. The molecule has 0 spiro atoms.